The first-order valence-corrected chi connectivity index (χ1v) is 26.2. The smallest absolute Gasteiger partial charge is 0.255 e. The van der Waals surface area contributed by atoms with Crippen LogP contribution in [0.3, 0.4) is 0 Å². The van der Waals surface area contributed by atoms with Gasteiger partial charge in [-0.1, -0.05) is 0 Å². The highest BCUT2D eigenvalue weighted by Gasteiger charge is 2.38. The second-order valence-corrected chi connectivity index (χ2v) is 21.4. The minimum absolute atomic E-state index is 0.0803. The van der Waals surface area contributed by atoms with Crippen molar-refractivity contribution in [2.24, 2.45) is 0 Å². The highest BCUT2D eigenvalue weighted by atomic mass is 127. The molecule has 0 aliphatic heterocycles. The van der Waals surface area contributed by atoms with Crippen LogP contribution in [0.25, 0.3) is 0 Å². The van der Waals surface area contributed by atoms with Crippen LogP contribution in [0, 0.1) is 21.4 Å². The van der Waals surface area contributed by atoms with Crippen molar-refractivity contribution in [3.05, 3.63) is 43.7 Å². The number of aliphatic hydroxyl groups excluding tert-OH is 10. The first kappa shape index (κ1) is 62.4. The van der Waals surface area contributed by atoms with Crippen LogP contribution in [0.5, 0.6) is 0 Å². The fourth-order valence-corrected chi connectivity index (χ4v) is 15.7. The van der Waals surface area contributed by atoms with Crippen LogP contribution in [0.2, 0.25) is 0 Å². The predicted octanol–water partition coefficient (Wildman–Crippen LogP) is -1.24. The van der Waals surface area contributed by atoms with Crippen molar-refractivity contribution in [2.45, 2.75) is 30.8 Å². The first-order chi connectivity index (χ1) is 31.3. The second-order valence-electron chi connectivity index (χ2n) is 14.9. The molecule has 2 aromatic rings. The Hall–Kier alpha value is -0.760. The molecular weight excluding hydrogens is 1570 g/mol. The van der Waals surface area contributed by atoms with Gasteiger partial charge in [0, 0.05) is 74.6 Å². The van der Waals surface area contributed by atoms with E-state index in [0.717, 1.165) is 29.4 Å². The minimum Gasteiger partial charge on any atom is -0.395 e. The van der Waals surface area contributed by atoms with E-state index in [1.165, 1.54) is 28.2 Å². The highest BCUT2D eigenvalue weighted by molar-refractivity contribution is 14.1. The van der Waals surface area contributed by atoms with Gasteiger partial charge in [-0.05, 0) is 136 Å². The molecule has 22 nitrogen and oxygen atoms in total. The minimum atomic E-state index is -1.34. The summed E-state index contributed by atoms with van der Waals surface area (Å²) in [5.41, 5.74) is -0.671. The van der Waals surface area contributed by atoms with Crippen LogP contribution in [0.1, 0.15) is 47.9 Å². The Morgan fingerprint density at radius 1 is 0.403 bits per heavy atom. The average molecular weight is 1620 g/mol. The van der Waals surface area contributed by atoms with E-state index in [2.05, 4.69) is 0 Å². The third kappa shape index (κ3) is 15.6. The molecule has 67 heavy (non-hydrogen) atoms. The van der Waals surface area contributed by atoms with Gasteiger partial charge in [-0.25, -0.2) is 0 Å². The number of likely N-dealkylation sites (N-methyl/N-ethyl adjacent to an activating group) is 4. The van der Waals surface area contributed by atoms with Gasteiger partial charge in [0.1, 0.15) is 6.42 Å². The van der Waals surface area contributed by atoms with Gasteiger partial charge in [0.25, 0.3) is 23.6 Å². The predicted molar refractivity (Wildman–Crippen MR) is 293 cm³/mol. The SMILES string of the molecule is CN(CC(O)CO)C(=O)c1c(I)c(C(=O)N(C)CC(O)CO)c(I)c(N(CCO)C(=O)CC(=O)N(CCO)c2c(I)c(C(=O)N(C)CC(O)CO)c(I)c(C(=O)N(C)CC(O)CO)c2I)c1I. The molecule has 0 aromatic heterocycles. The summed E-state index contributed by atoms with van der Waals surface area (Å²) in [6.45, 7) is -6.49. The number of anilines is 2. The lowest BCUT2D eigenvalue weighted by molar-refractivity contribution is -0.126. The highest BCUT2D eigenvalue weighted by Crippen LogP contribution is 2.41. The van der Waals surface area contributed by atoms with Crippen LogP contribution < -0.4 is 9.80 Å². The topological polar surface area (TPSA) is 324 Å². The van der Waals surface area contributed by atoms with Gasteiger partial charge in [-0.2, -0.15) is 0 Å². The average Bonchev–Trinajstić information content (AvgIpc) is 3.27. The number of amides is 6. The van der Waals surface area contributed by atoms with Gasteiger partial charge < -0.3 is 80.5 Å². The van der Waals surface area contributed by atoms with Crippen LogP contribution in [-0.4, -0.2) is 238 Å². The fraction of sp³-hybridized carbons (Fsp3) is 0.538. The number of carbonyl (C=O) groups is 6. The summed E-state index contributed by atoms with van der Waals surface area (Å²) >= 11 is 10.7. The van der Waals surface area contributed by atoms with Crippen LogP contribution in [0.15, 0.2) is 0 Å². The Morgan fingerprint density at radius 3 is 0.791 bits per heavy atom. The van der Waals surface area contributed by atoms with Crippen molar-refractivity contribution in [2.75, 3.05) is 117 Å². The molecule has 2 rings (SSSR count). The Balaban J connectivity index is 3.01. The Morgan fingerprint density at radius 2 is 0.612 bits per heavy atom. The maximum Gasteiger partial charge on any atom is 0.255 e. The molecule has 4 atom stereocenters. The number of halogens is 6. The quantitative estimate of drug-likeness (QED) is 0.0434. The van der Waals surface area contributed by atoms with Gasteiger partial charge in [0.15, 0.2) is 0 Å². The molecule has 0 saturated carbocycles. The van der Waals surface area contributed by atoms with Crippen LogP contribution in [0.4, 0.5) is 11.4 Å². The van der Waals surface area contributed by atoms with Crippen molar-refractivity contribution >= 4 is 182 Å². The van der Waals surface area contributed by atoms with Crippen molar-refractivity contribution in [3.63, 3.8) is 0 Å². The van der Waals surface area contributed by atoms with E-state index in [4.69, 9.17) is 0 Å². The standard InChI is InChI=1S/C39H52I6N6O16/c1-46(10-18(58)14-54)36(64)24-28(40)25(37(65)47(2)11-19(59)15-55)31(43)34(30(24)42)50(5-7-52)22(62)9-23(63)51(6-8-53)35-32(44)26(38(66)48(3)12-20(60)16-56)29(41)27(33(35)45)39(67)49(4)13-21(61)17-57/h18-21,52-61H,5-17H2,1-4H3. The van der Waals surface area contributed by atoms with Gasteiger partial charge in [0.2, 0.25) is 11.8 Å². The molecule has 0 spiro atoms. The number of aliphatic hydroxyl groups is 10. The lowest BCUT2D eigenvalue weighted by Crippen LogP contribution is -2.43. The molecule has 0 radical (unpaired) electrons. The number of carbonyl (C=O) groups excluding carboxylic acids is 6. The molecule has 0 aliphatic carbocycles. The van der Waals surface area contributed by atoms with E-state index in [9.17, 15) is 79.8 Å². The summed E-state index contributed by atoms with van der Waals surface area (Å²) in [7, 11) is 5.33. The summed E-state index contributed by atoms with van der Waals surface area (Å²) in [6.07, 6.45) is -6.39. The molecule has 0 bridgehead atoms. The Kier molecular flexibility index (Phi) is 27.1. The lowest BCUT2D eigenvalue weighted by atomic mass is 10.0. The molecular formula is C39H52I6N6O16. The molecule has 2 aromatic carbocycles. The van der Waals surface area contributed by atoms with E-state index in [0.29, 0.717) is 0 Å². The molecule has 0 fully saturated rings. The first-order valence-electron chi connectivity index (χ1n) is 19.7. The van der Waals surface area contributed by atoms with Crippen molar-refractivity contribution in [1.29, 1.82) is 0 Å². The van der Waals surface area contributed by atoms with E-state index in [1.54, 1.807) is 136 Å². The van der Waals surface area contributed by atoms with E-state index < -0.39 is 119 Å². The third-order valence-corrected chi connectivity index (χ3v) is 16.1. The number of hydrogen-bond donors (Lipinski definition) is 10. The molecule has 0 aliphatic rings. The monoisotopic (exact) mass is 1620 g/mol. The zero-order valence-corrected chi connectivity index (χ0v) is 49.3. The maximum atomic E-state index is 14.7. The van der Waals surface area contributed by atoms with Gasteiger partial charge in [-0.15, -0.1) is 0 Å². The zero-order chi connectivity index (χ0) is 51.4. The number of benzene rings is 2. The molecule has 0 saturated heterocycles. The summed E-state index contributed by atoms with van der Waals surface area (Å²) in [5.74, 6) is -4.97. The Labute approximate surface area is 467 Å². The van der Waals surface area contributed by atoms with Crippen LogP contribution >= 0.6 is 136 Å². The van der Waals surface area contributed by atoms with Gasteiger partial charge >= 0.3 is 0 Å². The van der Waals surface area contributed by atoms with E-state index in [-0.39, 0.29) is 81.2 Å². The van der Waals surface area contributed by atoms with Crippen LogP contribution in [-0.2, 0) is 9.59 Å². The van der Waals surface area contributed by atoms with Crippen molar-refractivity contribution in [3.8, 4) is 0 Å². The molecule has 0 heterocycles. The van der Waals surface area contributed by atoms with Crippen molar-refractivity contribution in [1.82, 2.24) is 19.6 Å². The van der Waals surface area contributed by atoms with Crippen molar-refractivity contribution < 1.29 is 79.8 Å². The summed E-state index contributed by atoms with van der Waals surface area (Å²) in [5, 5.41) is 99.3. The number of rotatable bonds is 24. The normalized spacial score (nSPS) is 13.1. The largest absolute Gasteiger partial charge is 0.395 e. The third-order valence-electron chi connectivity index (χ3n) is 9.70. The number of nitrogens with zero attached hydrogens (tertiary/aromatic N) is 6. The van der Waals surface area contributed by atoms with Gasteiger partial charge in [-0.3, -0.25) is 28.8 Å². The van der Waals surface area contributed by atoms with Gasteiger partial charge in [0.05, 0.1) is 112 Å². The molecule has 376 valence electrons. The van der Waals surface area contributed by atoms with E-state index >= 15 is 0 Å². The zero-order valence-electron chi connectivity index (χ0n) is 36.4. The number of hydrogen-bond acceptors (Lipinski definition) is 16. The molecule has 6 amide bonds. The summed E-state index contributed by atoms with van der Waals surface area (Å²) in [4.78, 5) is 92.3. The Bertz CT molecular complexity index is 1880. The molecule has 4 unspecified atom stereocenters. The lowest BCUT2D eigenvalue weighted by Gasteiger charge is -2.32. The molecule has 28 heteroatoms. The maximum absolute atomic E-state index is 14.7. The van der Waals surface area contributed by atoms with E-state index in [1.807, 2.05) is 0 Å². The fourth-order valence-electron chi connectivity index (χ4n) is 6.36. The summed E-state index contributed by atoms with van der Waals surface area (Å²) in [6, 6.07) is 0. The summed E-state index contributed by atoms with van der Waals surface area (Å²) < 4.78 is 0.505. The second kappa shape index (κ2) is 29.1. The molecule has 10 N–H and O–H groups in total.